The maximum Gasteiger partial charge on any atom is 0.244 e. The van der Waals surface area contributed by atoms with Crippen LogP contribution in [0.1, 0.15) is 48.0 Å². The van der Waals surface area contributed by atoms with E-state index in [4.69, 9.17) is 9.47 Å². The Morgan fingerprint density at radius 3 is 2.19 bits per heavy atom. The average molecular weight is 317 g/mol. The molecule has 21 heavy (non-hydrogen) atoms. The van der Waals surface area contributed by atoms with Gasteiger partial charge >= 0.3 is 0 Å². The van der Waals surface area contributed by atoms with Gasteiger partial charge in [-0.1, -0.05) is 0 Å². The van der Waals surface area contributed by atoms with Crippen LogP contribution in [0.4, 0.5) is 0 Å². The summed E-state index contributed by atoms with van der Waals surface area (Å²) in [6, 6.07) is 0. The fourth-order valence-electron chi connectivity index (χ4n) is 1.72. The number of carbonyl (C=O) groups excluding carboxylic acids is 2. The molecule has 1 atom stereocenters. The van der Waals surface area contributed by atoms with Crippen molar-refractivity contribution in [2.24, 2.45) is 0 Å². The van der Waals surface area contributed by atoms with E-state index in [9.17, 15) is 9.59 Å². The van der Waals surface area contributed by atoms with Crippen LogP contribution in [0, 0.1) is 0 Å². The number of amides is 2. The third-order valence-electron chi connectivity index (χ3n) is 2.77. The van der Waals surface area contributed by atoms with Gasteiger partial charge in [-0.3, -0.25) is 14.5 Å². The first-order valence-corrected chi connectivity index (χ1v) is 8.28. The summed E-state index contributed by atoms with van der Waals surface area (Å²) in [5.41, 5.74) is -0.547. The van der Waals surface area contributed by atoms with Crippen LogP contribution in [0.25, 0.3) is 0 Å². The molecule has 5 nitrogen and oxygen atoms in total. The van der Waals surface area contributed by atoms with E-state index in [-0.39, 0.29) is 41.4 Å². The molecule has 1 heterocycles. The van der Waals surface area contributed by atoms with Crippen LogP contribution in [0.15, 0.2) is 0 Å². The van der Waals surface area contributed by atoms with E-state index in [0.29, 0.717) is 12.4 Å². The second-order valence-corrected chi connectivity index (χ2v) is 8.38. The van der Waals surface area contributed by atoms with Crippen LogP contribution >= 0.6 is 11.8 Å². The molecule has 6 heteroatoms. The molecule has 0 spiro atoms. The molecule has 0 saturated carbocycles. The summed E-state index contributed by atoms with van der Waals surface area (Å²) < 4.78 is 11.1. The Kier molecular flexibility index (Phi) is 6.25. The van der Waals surface area contributed by atoms with Crippen molar-refractivity contribution in [1.29, 1.82) is 0 Å². The molecule has 0 bridgehead atoms. The van der Waals surface area contributed by atoms with Crippen molar-refractivity contribution < 1.29 is 19.1 Å². The number of carbonyl (C=O) groups is 2. The Labute approximate surface area is 131 Å². The minimum atomic E-state index is -0.369. The van der Waals surface area contributed by atoms with E-state index in [2.05, 4.69) is 0 Å². The maximum atomic E-state index is 12.2. The number of ether oxygens (including phenoxy) is 2. The van der Waals surface area contributed by atoms with Gasteiger partial charge in [0.1, 0.15) is 6.73 Å². The van der Waals surface area contributed by atoms with Gasteiger partial charge in [0.2, 0.25) is 11.8 Å². The van der Waals surface area contributed by atoms with Crippen LogP contribution in [0.3, 0.4) is 0 Å². The monoisotopic (exact) mass is 317 g/mol. The second kappa shape index (κ2) is 7.11. The molecule has 0 N–H and O–H groups in total. The molecule has 1 rings (SSSR count). The Balaban J connectivity index is 2.39. The number of thioether (sulfide) groups is 1. The molecule has 0 aromatic carbocycles. The van der Waals surface area contributed by atoms with Crippen molar-refractivity contribution in [2.45, 2.75) is 64.4 Å². The highest BCUT2D eigenvalue weighted by atomic mass is 32.2. The SMILES string of the molecule is CC(C)(C)OCCSC1CC(=O)N(COC(C)(C)C)C1=O. The van der Waals surface area contributed by atoms with Gasteiger partial charge in [-0.15, -0.1) is 11.8 Å². The summed E-state index contributed by atoms with van der Waals surface area (Å²) in [6.07, 6.45) is 0.256. The first-order chi connectivity index (χ1) is 9.49. The molecule has 0 aromatic heterocycles. The maximum absolute atomic E-state index is 12.2. The van der Waals surface area contributed by atoms with Crippen LogP contribution < -0.4 is 0 Å². The van der Waals surface area contributed by atoms with Gasteiger partial charge in [-0.05, 0) is 41.5 Å². The van der Waals surface area contributed by atoms with Gasteiger partial charge in [0, 0.05) is 12.2 Å². The molecule has 122 valence electrons. The van der Waals surface area contributed by atoms with E-state index in [1.54, 1.807) is 0 Å². The highest BCUT2D eigenvalue weighted by molar-refractivity contribution is 8.00. The summed E-state index contributed by atoms with van der Waals surface area (Å²) in [4.78, 5) is 25.3. The highest BCUT2D eigenvalue weighted by Crippen LogP contribution is 2.26. The lowest BCUT2D eigenvalue weighted by Gasteiger charge is -2.23. The second-order valence-electron chi connectivity index (χ2n) is 7.07. The van der Waals surface area contributed by atoms with Crippen molar-refractivity contribution in [3.05, 3.63) is 0 Å². The Bertz CT molecular complexity index is 384. The average Bonchev–Trinajstić information content (AvgIpc) is 2.55. The number of rotatable bonds is 6. The third kappa shape index (κ3) is 6.80. The summed E-state index contributed by atoms with van der Waals surface area (Å²) in [5.74, 6) is 0.401. The van der Waals surface area contributed by atoms with E-state index in [0.717, 1.165) is 0 Å². The molecule has 2 amide bonds. The lowest BCUT2D eigenvalue weighted by atomic mass is 10.2. The van der Waals surface area contributed by atoms with Crippen molar-refractivity contribution >= 4 is 23.6 Å². The quantitative estimate of drug-likeness (QED) is 0.556. The minimum Gasteiger partial charge on any atom is -0.375 e. The molecule has 1 saturated heterocycles. The van der Waals surface area contributed by atoms with Gasteiger partial charge in [-0.2, -0.15) is 0 Å². The molecule has 1 aliphatic rings. The van der Waals surface area contributed by atoms with E-state index in [1.165, 1.54) is 16.7 Å². The summed E-state index contributed by atoms with van der Waals surface area (Å²) in [6.45, 7) is 12.3. The van der Waals surface area contributed by atoms with Crippen molar-refractivity contribution in [2.75, 3.05) is 19.1 Å². The lowest BCUT2D eigenvalue weighted by molar-refractivity contribution is -0.149. The zero-order valence-electron chi connectivity index (χ0n) is 13.9. The van der Waals surface area contributed by atoms with Crippen LogP contribution in [-0.2, 0) is 19.1 Å². The zero-order valence-corrected chi connectivity index (χ0v) is 14.7. The summed E-state index contributed by atoms with van der Waals surface area (Å²) >= 11 is 1.48. The first-order valence-electron chi connectivity index (χ1n) is 7.23. The van der Waals surface area contributed by atoms with Crippen molar-refractivity contribution in [3.8, 4) is 0 Å². The standard InChI is InChI=1S/C15H27NO4S/c1-14(2,3)19-7-8-21-11-9-12(17)16(13(11)18)10-20-15(4,5)6/h11H,7-10H2,1-6H3. The van der Waals surface area contributed by atoms with E-state index < -0.39 is 0 Å². The van der Waals surface area contributed by atoms with Gasteiger partial charge in [0.15, 0.2) is 0 Å². The fraction of sp³-hybridized carbons (Fsp3) is 0.867. The van der Waals surface area contributed by atoms with E-state index >= 15 is 0 Å². The van der Waals surface area contributed by atoms with E-state index in [1.807, 2.05) is 41.5 Å². The smallest absolute Gasteiger partial charge is 0.244 e. The number of hydrogen-bond donors (Lipinski definition) is 0. The van der Waals surface area contributed by atoms with Gasteiger partial charge in [0.05, 0.1) is 23.1 Å². The topological polar surface area (TPSA) is 55.8 Å². The van der Waals surface area contributed by atoms with Crippen LogP contribution in [0.2, 0.25) is 0 Å². The molecule has 0 aromatic rings. The molecular formula is C15H27NO4S. The summed E-state index contributed by atoms with van der Waals surface area (Å²) in [5, 5.41) is -0.301. The predicted octanol–water partition coefficient (Wildman–Crippen LogP) is 2.43. The Hall–Kier alpha value is -0.590. The number of likely N-dealkylation sites (tertiary alicyclic amines) is 1. The third-order valence-corrected chi connectivity index (χ3v) is 3.94. The highest BCUT2D eigenvalue weighted by Gasteiger charge is 2.39. The normalized spacial score (nSPS) is 20.5. The molecule has 1 fully saturated rings. The van der Waals surface area contributed by atoms with Crippen molar-refractivity contribution in [3.63, 3.8) is 0 Å². The molecule has 0 radical (unpaired) electrons. The molecule has 1 aliphatic heterocycles. The lowest BCUT2D eigenvalue weighted by Crippen LogP contribution is -2.37. The molecule has 1 unspecified atom stereocenters. The van der Waals surface area contributed by atoms with Crippen LogP contribution in [-0.4, -0.2) is 52.3 Å². The zero-order chi connectivity index (χ0) is 16.3. The number of nitrogens with zero attached hydrogens (tertiary/aromatic N) is 1. The van der Waals surface area contributed by atoms with Gasteiger partial charge in [0.25, 0.3) is 0 Å². The van der Waals surface area contributed by atoms with Crippen LogP contribution in [0.5, 0.6) is 0 Å². The number of hydrogen-bond acceptors (Lipinski definition) is 5. The van der Waals surface area contributed by atoms with Gasteiger partial charge in [-0.25, -0.2) is 0 Å². The van der Waals surface area contributed by atoms with Crippen molar-refractivity contribution in [1.82, 2.24) is 4.90 Å². The predicted molar refractivity (Wildman–Crippen MR) is 84.1 cm³/mol. The Morgan fingerprint density at radius 2 is 1.67 bits per heavy atom. The summed E-state index contributed by atoms with van der Waals surface area (Å²) in [7, 11) is 0. The molecular weight excluding hydrogens is 290 g/mol. The number of imide groups is 1. The molecule has 0 aliphatic carbocycles. The minimum absolute atomic E-state index is 0.0384. The fourth-order valence-corrected chi connectivity index (χ4v) is 2.71. The van der Waals surface area contributed by atoms with Gasteiger partial charge < -0.3 is 9.47 Å². The Morgan fingerprint density at radius 1 is 1.10 bits per heavy atom. The largest absolute Gasteiger partial charge is 0.375 e. The first kappa shape index (κ1) is 18.5.